The largest absolute Gasteiger partial charge is 0.355 e. The van der Waals surface area contributed by atoms with Crippen molar-refractivity contribution >= 4 is 66.7 Å². The molecule has 0 aliphatic carbocycles. The van der Waals surface area contributed by atoms with Crippen molar-refractivity contribution in [3.05, 3.63) is 92.4 Å². The summed E-state index contributed by atoms with van der Waals surface area (Å²) in [5, 5.41) is 3.16. The summed E-state index contributed by atoms with van der Waals surface area (Å²) < 4.78 is 29.5. The zero-order chi connectivity index (χ0) is 28.0. The molecule has 0 aliphatic rings. The van der Waals surface area contributed by atoms with E-state index in [0.717, 1.165) is 19.9 Å². The van der Waals surface area contributed by atoms with Gasteiger partial charge in [0, 0.05) is 27.6 Å². The van der Waals surface area contributed by atoms with Crippen molar-refractivity contribution in [3.63, 3.8) is 0 Å². The van der Waals surface area contributed by atoms with E-state index >= 15 is 0 Å². The van der Waals surface area contributed by atoms with Crippen LogP contribution < -0.4 is 9.62 Å². The fourth-order valence-electron chi connectivity index (χ4n) is 3.74. The highest BCUT2D eigenvalue weighted by Gasteiger charge is 2.32. The lowest BCUT2D eigenvalue weighted by Crippen LogP contribution is -2.51. The molecule has 0 fully saturated rings. The van der Waals surface area contributed by atoms with Crippen LogP contribution in [-0.2, 0) is 26.2 Å². The van der Waals surface area contributed by atoms with Crippen LogP contribution in [0.5, 0.6) is 0 Å². The van der Waals surface area contributed by atoms with Gasteiger partial charge in [-0.05, 0) is 68.8 Å². The Balaban J connectivity index is 2.06. The standard InChI is InChI=1S/C27H28BrCl2N3O4S/c1-4-31-27(35)19(3)32(16-20-7-9-21(28)10-8-20)26(34)17-33(24-14-22(29)13-23(30)15-24)38(36,37)25-11-5-18(2)6-12-25/h5-15,19H,4,16-17H2,1-3H3,(H,31,35)/t19-/m1/s1. The zero-order valence-corrected chi connectivity index (χ0v) is 25.0. The Hall–Kier alpha value is -2.59. The fraction of sp³-hybridized carbons (Fsp3) is 0.259. The number of anilines is 1. The van der Waals surface area contributed by atoms with Crippen molar-refractivity contribution in [2.45, 2.75) is 38.3 Å². The maximum atomic E-state index is 13.8. The number of hydrogen-bond donors (Lipinski definition) is 1. The first-order valence-corrected chi connectivity index (χ1v) is 14.8. The van der Waals surface area contributed by atoms with E-state index < -0.39 is 28.5 Å². The van der Waals surface area contributed by atoms with Gasteiger partial charge in [0.05, 0.1) is 10.6 Å². The second-order valence-electron chi connectivity index (χ2n) is 8.67. The molecular weight excluding hydrogens is 613 g/mol. The Morgan fingerprint density at radius 1 is 0.974 bits per heavy atom. The second kappa shape index (κ2) is 13.0. The highest BCUT2D eigenvalue weighted by molar-refractivity contribution is 9.10. The minimum absolute atomic E-state index is 0.00299. The van der Waals surface area contributed by atoms with E-state index in [1.165, 1.54) is 35.2 Å². The maximum absolute atomic E-state index is 13.8. The van der Waals surface area contributed by atoms with Crippen LogP contribution >= 0.6 is 39.1 Å². The van der Waals surface area contributed by atoms with E-state index in [9.17, 15) is 18.0 Å². The van der Waals surface area contributed by atoms with E-state index in [0.29, 0.717) is 6.54 Å². The SMILES string of the molecule is CCNC(=O)[C@@H](C)N(Cc1ccc(Br)cc1)C(=O)CN(c1cc(Cl)cc(Cl)c1)S(=O)(=O)c1ccc(C)cc1. The molecule has 7 nitrogen and oxygen atoms in total. The van der Waals surface area contributed by atoms with Crippen molar-refractivity contribution in [1.29, 1.82) is 0 Å². The van der Waals surface area contributed by atoms with Crippen LogP contribution in [-0.4, -0.2) is 44.3 Å². The molecule has 202 valence electrons. The van der Waals surface area contributed by atoms with Crippen LogP contribution in [0.3, 0.4) is 0 Å². The normalized spacial score (nSPS) is 12.1. The van der Waals surface area contributed by atoms with Gasteiger partial charge in [-0.3, -0.25) is 13.9 Å². The number of rotatable bonds is 10. The molecule has 0 radical (unpaired) electrons. The van der Waals surface area contributed by atoms with Gasteiger partial charge in [-0.2, -0.15) is 0 Å². The maximum Gasteiger partial charge on any atom is 0.264 e. The number of carbonyl (C=O) groups excluding carboxylic acids is 2. The molecule has 0 saturated carbocycles. The lowest BCUT2D eigenvalue weighted by atomic mass is 10.1. The van der Waals surface area contributed by atoms with E-state index in [-0.39, 0.29) is 33.1 Å². The first kappa shape index (κ1) is 30.0. The third kappa shape index (κ3) is 7.50. The van der Waals surface area contributed by atoms with Gasteiger partial charge < -0.3 is 10.2 Å². The first-order chi connectivity index (χ1) is 17.9. The molecule has 3 aromatic carbocycles. The lowest BCUT2D eigenvalue weighted by Gasteiger charge is -2.32. The summed E-state index contributed by atoms with van der Waals surface area (Å²) in [6, 6.07) is 17.1. The highest BCUT2D eigenvalue weighted by Crippen LogP contribution is 2.30. The molecule has 0 saturated heterocycles. The number of hydrogen-bond acceptors (Lipinski definition) is 4. The van der Waals surface area contributed by atoms with Crippen molar-refractivity contribution in [3.8, 4) is 0 Å². The van der Waals surface area contributed by atoms with Crippen LogP contribution in [0.1, 0.15) is 25.0 Å². The van der Waals surface area contributed by atoms with Gasteiger partial charge in [0.25, 0.3) is 10.0 Å². The Kier molecular flexibility index (Phi) is 10.2. The van der Waals surface area contributed by atoms with Gasteiger partial charge in [-0.15, -0.1) is 0 Å². The average molecular weight is 641 g/mol. The third-order valence-electron chi connectivity index (χ3n) is 5.81. The Morgan fingerprint density at radius 3 is 2.11 bits per heavy atom. The summed E-state index contributed by atoms with van der Waals surface area (Å²) in [4.78, 5) is 27.9. The minimum Gasteiger partial charge on any atom is -0.355 e. The highest BCUT2D eigenvalue weighted by atomic mass is 79.9. The third-order valence-corrected chi connectivity index (χ3v) is 8.56. The number of nitrogens with one attached hydrogen (secondary N) is 1. The summed E-state index contributed by atoms with van der Waals surface area (Å²) >= 11 is 15.8. The number of sulfonamides is 1. The molecule has 11 heteroatoms. The topological polar surface area (TPSA) is 86.8 Å². The number of amides is 2. The molecule has 0 unspecified atom stereocenters. The number of likely N-dealkylation sites (N-methyl/N-ethyl adjacent to an activating group) is 1. The summed E-state index contributed by atoms with van der Waals surface area (Å²) in [7, 11) is -4.21. The van der Waals surface area contributed by atoms with E-state index in [1.54, 1.807) is 26.0 Å². The predicted molar refractivity (Wildman–Crippen MR) is 155 cm³/mol. The van der Waals surface area contributed by atoms with E-state index in [1.807, 2.05) is 31.2 Å². The Morgan fingerprint density at radius 2 is 1.55 bits per heavy atom. The van der Waals surface area contributed by atoms with Crippen molar-refractivity contribution < 1.29 is 18.0 Å². The minimum atomic E-state index is -4.21. The quantitative estimate of drug-likeness (QED) is 0.303. The molecular formula is C27H28BrCl2N3O4S. The average Bonchev–Trinajstić information content (AvgIpc) is 2.86. The molecule has 0 bridgehead atoms. The second-order valence-corrected chi connectivity index (χ2v) is 12.3. The lowest BCUT2D eigenvalue weighted by molar-refractivity contribution is -0.139. The molecule has 0 spiro atoms. The Bertz CT molecular complexity index is 1380. The van der Waals surface area contributed by atoms with E-state index in [4.69, 9.17) is 23.2 Å². The first-order valence-electron chi connectivity index (χ1n) is 11.8. The van der Waals surface area contributed by atoms with Gasteiger partial charge in [-0.25, -0.2) is 8.42 Å². The molecule has 3 rings (SSSR count). The number of carbonyl (C=O) groups is 2. The Labute approximate surface area is 241 Å². The van der Waals surface area contributed by atoms with Crippen LogP contribution in [0.25, 0.3) is 0 Å². The van der Waals surface area contributed by atoms with Gasteiger partial charge in [0.2, 0.25) is 11.8 Å². The number of benzene rings is 3. The summed E-state index contributed by atoms with van der Waals surface area (Å²) in [5.41, 5.74) is 1.79. The molecule has 38 heavy (non-hydrogen) atoms. The van der Waals surface area contributed by atoms with E-state index in [2.05, 4.69) is 21.2 Å². The molecule has 0 aromatic heterocycles. The summed E-state index contributed by atoms with van der Waals surface area (Å²) in [6.45, 7) is 5.14. The molecule has 0 aliphatic heterocycles. The molecule has 1 atom stereocenters. The molecule has 1 N–H and O–H groups in total. The number of nitrogens with zero attached hydrogens (tertiary/aromatic N) is 2. The van der Waals surface area contributed by atoms with Crippen molar-refractivity contribution in [2.75, 3.05) is 17.4 Å². The van der Waals surface area contributed by atoms with Gasteiger partial charge in [-0.1, -0.05) is 69.0 Å². The van der Waals surface area contributed by atoms with Gasteiger partial charge in [0.15, 0.2) is 0 Å². The summed E-state index contributed by atoms with van der Waals surface area (Å²) in [6.07, 6.45) is 0. The van der Waals surface area contributed by atoms with Crippen LogP contribution in [0, 0.1) is 6.92 Å². The monoisotopic (exact) mass is 639 g/mol. The zero-order valence-electron chi connectivity index (χ0n) is 21.1. The van der Waals surface area contributed by atoms with Crippen molar-refractivity contribution in [2.24, 2.45) is 0 Å². The fourth-order valence-corrected chi connectivity index (χ4v) is 5.92. The van der Waals surface area contributed by atoms with Gasteiger partial charge >= 0.3 is 0 Å². The van der Waals surface area contributed by atoms with Crippen LogP contribution in [0.4, 0.5) is 5.69 Å². The van der Waals surface area contributed by atoms with Crippen molar-refractivity contribution in [1.82, 2.24) is 10.2 Å². The summed E-state index contributed by atoms with van der Waals surface area (Å²) in [5.74, 6) is -0.921. The van der Waals surface area contributed by atoms with Gasteiger partial charge in [0.1, 0.15) is 12.6 Å². The van der Waals surface area contributed by atoms with Crippen LogP contribution in [0.15, 0.2) is 76.1 Å². The molecule has 3 aromatic rings. The predicted octanol–water partition coefficient (Wildman–Crippen LogP) is 5.81. The molecule has 0 heterocycles. The smallest absolute Gasteiger partial charge is 0.264 e. The molecule has 2 amide bonds. The van der Waals surface area contributed by atoms with Crippen LogP contribution in [0.2, 0.25) is 10.0 Å². The number of aryl methyl sites for hydroxylation is 1. The number of halogens is 3.